The van der Waals surface area contributed by atoms with E-state index in [0.717, 1.165) is 10.0 Å². The number of halogens is 3. The smallest absolute Gasteiger partial charge is 0.203 e. The summed E-state index contributed by atoms with van der Waals surface area (Å²) in [4.78, 5) is 12.8. The summed E-state index contributed by atoms with van der Waals surface area (Å²) >= 11 is 16.3. The Bertz CT molecular complexity index is 573. The summed E-state index contributed by atoms with van der Waals surface area (Å²) in [5.41, 5.74) is 1.52. The maximum absolute atomic E-state index is 12.2. The maximum atomic E-state index is 12.2. The fraction of sp³-hybridized carbons (Fsp3) is 0.0833. The number of hydrogen-bond donors (Lipinski definition) is 0. The van der Waals surface area contributed by atoms with Gasteiger partial charge in [0.25, 0.3) is 0 Å². The quantitative estimate of drug-likeness (QED) is 0.667. The molecule has 0 aliphatic rings. The molecule has 1 heterocycles. The van der Waals surface area contributed by atoms with Crippen LogP contribution in [0.25, 0.3) is 0 Å². The molecule has 0 N–H and O–H groups in total. The van der Waals surface area contributed by atoms with Crippen LogP contribution < -0.4 is 0 Å². The molecule has 1 nitrogen and oxygen atoms in total. The second-order valence-electron chi connectivity index (χ2n) is 3.52. The fourth-order valence-electron chi connectivity index (χ4n) is 1.47. The van der Waals surface area contributed by atoms with Gasteiger partial charge in [0.05, 0.1) is 4.88 Å². The highest BCUT2D eigenvalue weighted by Gasteiger charge is 2.16. The van der Waals surface area contributed by atoms with Crippen LogP contribution in [0.3, 0.4) is 0 Å². The average molecular weight is 350 g/mol. The predicted octanol–water partition coefficient (Wildman–Crippen LogP) is 5.36. The number of thiophene rings is 1. The summed E-state index contributed by atoms with van der Waals surface area (Å²) in [6.45, 7) is 1.86. The Morgan fingerprint density at radius 2 is 2.00 bits per heavy atom. The van der Waals surface area contributed by atoms with Gasteiger partial charge in [0.2, 0.25) is 5.78 Å². The van der Waals surface area contributed by atoms with Crippen LogP contribution in [0.15, 0.2) is 28.7 Å². The zero-order valence-corrected chi connectivity index (χ0v) is 12.7. The summed E-state index contributed by atoms with van der Waals surface area (Å²) in [6, 6.07) is 6.97. The molecule has 0 saturated heterocycles. The summed E-state index contributed by atoms with van der Waals surface area (Å²) in [5.74, 6) is -0.0308. The Hall–Kier alpha value is -0.350. The number of rotatable bonds is 2. The Balaban J connectivity index is 2.43. The topological polar surface area (TPSA) is 17.1 Å². The van der Waals surface area contributed by atoms with Crippen molar-refractivity contribution in [2.75, 3.05) is 0 Å². The van der Waals surface area contributed by atoms with Gasteiger partial charge in [-0.15, -0.1) is 11.3 Å². The SMILES string of the molecule is Cc1cc(Cl)ccc1C(=O)c1cc(Br)c(Cl)s1. The van der Waals surface area contributed by atoms with Crippen molar-refractivity contribution in [2.24, 2.45) is 0 Å². The molecular weight excluding hydrogens is 343 g/mol. The van der Waals surface area contributed by atoms with Gasteiger partial charge in [0, 0.05) is 15.1 Å². The molecule has 1 aromatic carbocycles. The van der Waals surface area contributed by atoms with Crippen LogP contribution in [-0.2, 0) is 0 Å². The van der Waals surface area contributed by atoms with E-state index in [1.165, 1.54) is 11.3 Å². The Kier molecular flexibility index (Phi) is 3.93. The standard InChI is InChI=1S/C12H7BrCl2OS/c1-6-4-7(14)2-3-8(6)11(16)10-5-9(13)12(15)17-10/h2-5H,1H3. The highest BCUT2D eigenvalue weighted by molar-refractivity contribution is 9.10. The van der Waals surface area contributed by atoms with Crippen LogP contribution in [0.1, 0.15) is 20.8 Å². The minimum Gasteiger partial charge on any atom is -0.288 e. The first kappa shape index (κ1) is 13.1. The van der Waals surface area contributed by atoms with Gasteiger partial charge in [0.1, 0.15) is 4.34 Å². The summed E-state index contributed by atoms with van der Waals surface area (Å²) < 4.78 is 1.33. The molecule has 88 valence electrons. The predicted molar refractivity (Wildman–Crippen MR) is 76.7 cm³/mol. The van der Waals surface area contributed by atoms with Gasteiger partial charge in [-0.2, -0.15) is 0 Å². The monoisotopic (exact) mass is 348 g/mol. The van der Waals surface area contributed by atoms with Crippen molar-refractivity contribution >= 4 is 56.3 Å². The van der Waals surface area contributed by atoms with Crippen molar-refractivity contribution in [3.63, 3.8) is 0 Å². The lowest BCUT2D eigenvalue weighted by molar-refractivity contribution is 0.104. The third-order valence-electron chi connectivity index (χ3n) is 2.30. The molecule has 0 bridgehead atoms. The fourth-order valence-corrected chi connectivity index (χ4v) is 3.36. The number of aryl methyl sites for hydroxylation is 1. The summed E-state index contributed by atoms with van der Waals surface area (Å²) in [6.07, 6.45) is 0. The molecule has 0 aliphatic heterocycles. The van der Waals surface area contributed by atoms with E-state index in [4.69, 9.17) is 23.2 Å². The molecule has 2 aromatic rings. The summed E-state index contributed by atoms with van der Waals surface area (Å²) in [5, 5.41) is 0.629. The first-order valence-electron chi connectivity index (χ1n) is 4.74. The van der Waals surface area contributed by atoms with E-state index >= 15 is 0 Å². The normalized spacial score (nSPS) is 10.6. The lowest BCUT2D eigenvalue weighted by atomic mass is 10.0. The van der Waals surface area contributed by atoms with E-state index < -0.39 is 0 Å². The number of carbonyl (C=O) groups is 1. The lowest BCUT2D eigenvalue weighted by Gasteiger charge is -2.03. The van der Waals surface area contributed by atoms with Crippen molar-refractivity contribution in [3.05, 3.63) is 54.1 Å². The highest BCUT2D eigenvalue weighted by atomic mass is 79.9. The first-order chi connectivity index (χ1) is 7.99. The third kappa shape index (κ3) is 2.74. The molecule has 0 spiro atoms. The average Bonchev–Trinajstić information content (AvgIpc) is 2.58. The van der Waals surface area contributed by atoms with Crippen LogP contribution in [0.4, 0.5) is 0 Å². The van der Waals surface area contributed by atoms with Crippen LogP contribution in [-0.4, -0.2) is 5.78 Å². The van der Waals surface area contributed by atoms with Gasteiger partial charge in [-0.05, 0) is 52.7 Å². The van der Waals surface area contributed by atoms with E-state index in [1.54, 1.807) is 24.3 Å². The number of ketones is 1. The second kappa shape index (κ2) is 5.11. The van der Waals surface area contributed by atoms with Gasteiger partial charge in [-0.3, -0.25) is 4.79 Å². The molecular formula is C12H7BrCl2OS. The molecule has 0 aliphatic carbocycles. The molecule has 1 aromatic heterocycles. The molecule has 0 radical (unpaired) electrons. The van der Waals surface area contributed by atoms with Gasteiger partial charge < -0.3 is 0 Å². The number of hydrogen-bond acceptors (Lipinski definition) is 2. The van der Waals surface area contributed by atoms with E-state index in [1.807, 2.05) is 6.92 Å². The molecule has 0 atom stereocenters. The largest absolute Gasteiger partial charge is 0.288 e. The zero-order chi connectivity index (χ0) is 12.6. The third-order valence-corrected chi connectivity index (χ3v) is 5.01. The second-order valence-corrected chi connectivity index (χ2v) is 6.47. The van der Waals surface area contributed by atoms with Gasteiger partial charge in [-0.1, -0.05) is 23.2 Å². The molecule has 0 saturated carbocycles. The first-order valence-corrected chi connectivity index (χ1v) is 7.11. The Morgan fingerprint density at radius 1 is 1.29 bits per heavy atom. The van der Waals surface area contributed by atoms with Crippen LogP contribution >= 0.6 is 50.5 Å². The van der Waals surface area contributed by atoms with Crippen molar-refractivity contribution in [1.82, 2.24) is 0 Å². The minimum absolute atomic E-state index is 0.0308. The van der Waals surface area contributed by atoms with E-state index in [2.05, 4.69) is 15.9 Å². The van der Waals surface area contributed by atoms with Gasteiger partial charge >= 0.3 is 0 Å². The van der Waals surface area contributed by atoms with Crippen LogP contribution in [0.5, 0.6) is 0 Å². The van der Waals surface area contributed by atoms with Crippen molar-refractivity contribution in [2.45, 2.75) is 6.92 Å². The van der Waals surface area contributed by atoms with Crippen molar-refractivity contribution in [1.29, 1.82) is 0 Å². The van der Waals surface area contributed by atoms with Crippen molar-refractivity contribution < 1.29 is 4.79 Å². The molecule has 0 fully saturated rings. The Labute approximate surface area is 121 Å². The maximum Gasteiger partial charge on any atom is 0.203 e. The minimum atomic E-state index is -0.0308. The van der Waals surface area contributed by atoms with E-state index in [0.29, 0.717) is 19.8 Å². The Morgan fingerprint density at radius 3 is 2.53 bits per heavy atom. The van der Waals surface area contributed by atoms with E-state index in [-0.39, 0.29) is 5.78 Å². The van der Waals surface area contributed by atoms with Crippen molar-refractivity contribution in [3.8, 4) is 0 Å². The van der Waals surface area contributed by atoms with Crippen LogP contribution in [0.2, 0.25) is 9.36 Å². The number of carbonyl (C=O) groups excluding carboxylic acids is 1. The number of benzene rings is 1. The van der Waals surface area contributed by atoms with Gasteiger partial charge in [0.15, 0.2) is 0 Å². The molecule has 5 heteroatoms. The van der Waals surface area contributed by atoms with Crippen LogP contribution in [0, 0.1) is 6.92 Å². The zero-order valence-electron chi connectivity index (χ0n) is 8.76. The summed E-state index contributed by atoms with van der Waals surface area (Å²) in [7, 11) is 0. The molecule has 0 unspecified atom stereocenters. The van der Waals surface area contributed by atoms with Gasteiger partial charge in [-0.25, -0.2) is 0 Å². The lowest BCUT2D eigenvalue weighted by Crippen LogP contribution is -2.01. The molecule has 2 rings (SSSR count). The molecule has 17 heavy (non-hydrogen) atoms. The molecule has 0 amide bonds. The van der Waals surface area contributed by atoms with E-state index in [9.17, 15) is 4.79 Å². The highest BCUT2D eigenvalue weighted by Crippen LogP contribution is 2.33.